The second-order valence-corrected chi connectivity index (χ2v) is 5.53. The zero-order chi connectivity index (χ0) is 14.5. The fourth-order valence-electron chi connectivity index (χ4n) is 2.53. The molecule has 0 aliphatic heterocycles. The molecule has 0 aromatic heterocycles. The molecule has 1 aromatic rings. The number of aryl methyl sites for hydroxylation is 2. The molecule has 0 radical (unpaired) electrons. The molecule has 0 fully saturated rings. The van der Waals surface area contributed by atoms with Crippen molar-refractivity contribution in [3.05, 3.63) is 35.4 Å². The van der Waals surface area contributed by atoms with Crippen LogP contribution in [0, 0.1) is 12.8 Å². The van der Waals surface area contributed by atoms with Crippen LogP contribution < -0.4 is 0 Å². The van der Waals surface area contributed by atoms with Crippen molar-refractivity contribution in [2.24, 2.45) is 5.92 Å². The monoisotopic (exact) mass is 278 g/mol. The van der Waals surface area contributed by atoms with Gasteiger partial charge in [0.05, 0.1) is 0 Å². The van der Waals surface area contributed by atoms with Crippen molar-refractivity contribution < 1.29 is 0 Å². The minimum absolute atomic E-state index is 0. The van der Waals surface area contributed by atoms with E-state index in [1.807, 2.05) is 0 Å². The van der Waals surface area contributed by atoms with Gasteiger partial charge >= 0.3 is 0 Å². The first kappa shape index (κ1) is 21.5. The minimum atomic E-state index is 0. The lowest BCUT2D eigenvalue weighted by Gasteiger charge is -2.10. The van der Waals surface area contributed by atoms with Crippen LogP contribution in [-0.4, -0.2) is 0 Å². The Morgan fingerprint density at radius 2 is 1.40 bits per heavy atom. The van der Waals surface area contributed by atoms with E-state index in [1.165, 1.54) is 56.1 Å². The average Bonchev–Trinajstić information content (AvgIpc) is 2.42. The summed E-state index contributed by atoms with van der Waals surface area (Å²) in [5, 5.41) is 0. The second kappa shape index (κ2) is 14.6. The molecule has 1 rings (SSSR count). The van der Waals surface area contributed by atoms with Gasteiger partial charge in [-0.3, -0.25) is 0 Å². The summed E-state index contributed by atoms with van der Waals surface area (Å²) in [7, 11) is 0. The molecule has 1 aromatic carbocycles. The van der Waals surface area contributed by atoms with Crippen molar-refractivity contribution in [1.82, 2.24) is 0 Å². The van der Waals surface area contributed by atoms with E-state index in [0.29, 0.717) is 0 Å². The molecule has 0 N–H and O–H groups in total. The lowest BCUT2D eigenvalue weighted by molar-refractivity contribution is 0.427. The van der Waals surface area contributed by atoms with Crippen molar-refractivity contribution in [2.75, 3.05) is 0 Å². The van der Waals surface area contributed by atoms with Gasteiger partial charge in [-0.2, -0.15) is 0 Å². The Kier molecular flexibility index (Phi) is 15.7. The van der Waals surface area contributed by atoms with E-state index in [9.17, 15) is 0 Å². The second-order valence-electron chi connectivity index (χ2n) is 5.53. The molecule has 0 heteroatoms. The van der Waals surface area contributed by atoms with Crippen molar-refractivity contribution >= 4 is 0 Å². The highest BCUT2D eigenvalue weighted by atomic mass is 14.1. The molecule has 0 heterocycles. The molecule has 0 spiro atoms. The normalized spacial score (nSPS) is 9.70. The highest BCUT2D eigenvalue weighted by Crippen LogP contribution is 2.16. The van der Waals surface area contributed by atoms with Gasteiger partial charge in [0.2, 0.25) is 0 Å². The van der Waals surface area contributed by atoms with Gasteiger partial charge in [-0.15, -0.1) is 0 Å². The van der Waals surface area contributed by atoms with Gasteiger partial charge in [0.15, 0.2) is 0 Å². The van der Waals surface area contributed by atoms with Gasteiger partial charge in [-0.05, 0) is 30.4 Å². The van der Waals surface area contributed by atoms with E-state index in [4.69, 9.17) is 0 Å². The predicted molar refractivity (Wildman–Crippen MR) is 95.5 cm³/mol. The van der Waals surface area contributed by atoms with Gasteiger partial charge < -0.3 is 0 Å². The molecule has 0 nitrogen and oxygen atoms in total. The van der Waals surface area contributed by atoms with Crippen LogP contribution in [0.2, 0.25) is 0 Å². The molecule has 0 amide bonds. The molecular weight excluding hydrogens is 240 g/mol. The third-order valence-electron chi connectivity index (χ3n) is 3.75. The first-order valence-corrected chi connectivity index (χ1v) is 8.23. The highest BCUT2D eigenvalue weighted by Gasteiger charge is 2.01. The lowest BCUT2D eigenvalue weighted by atomic mass is 9.96. The largest absolute Gasteiger partial charge is 0.0776 e. The van der Waals surface area contributed by atoms with Crippen molar-refractivity contribution in [3.8, 4) is 0 Å². The third kappa shape index (κ3) is 10.1. The molecule has 20 heavy (non-hydrogen) atoms. The summed E-state index contributed by atoms with van der Waals surface area (Å²) in [5.41, 5.74) is 2.91. The van der Waals surface area contributed by atoms with E-state index in [1.54, 1.807) is 0 Å². The zero-order valence-corrected chi connectivity index (χ0v) is 13.8. The SMILES string of the molecule is C.CCCC(CC)CCC.CCCc1ccccc1C. The Hall–Kier alpha value is -0.780. The summed E-state index contributed by atoms with van der Waals surface area (Å²) in [6, 6.07) is 8.58. The molecule has 0 bridgehead atoms. The molecule has 0 aliphatic carbocycles. The van der Waals surface area contributed by atoms with Crippen LogP contribution >= 0.6 is 0 Å². The third-order valence-corrected chi connectivity index (χ3v) is 3.75. The van der Waals surface area contributed by atoms with Crippen LogP contribution in [0.4, 0.5) is 0 Å². The number of hydrogen-bond acceptors (Lipinski definition) is 0. The summed E-state index contributed by atoms with van der Waals surface area (Å²) in [4.78, 5) is 0. The van der Waals surface area contributed by atoms with E-state index < -0.39 is 0 Å². The fourth-order valence-corrected chi connectivity index (χ4v) is 2.53. The van der Waals surface area contributed by atoms with E-state index in [2.05, 4.69) is 58.9 Å². The molecule has 0 aliphatic rings. The van der Waals surface area contributed by atoms with Crippen LogP contribution in [0.5, 0.6) is 0 Å². The smallest absolute Gasteiger partial charge is 0.0279 e. The molecule has 0 atom stereocenters. The molecule has 118 valence electrons. The minimum Gasteiger partial charge on any atom is -0.0776 e. The summed E-state index contributed by atoms with van der Waals surface area (Å²) in [6.45, 7) is 11.2. The summed E-state index contributed by atoms with van der Waals surface area (Å²) in [5.74, 6) is 1.01. The summed E-state index contributed by atoms with van der Waals surface area (Å²) in [6.07, 6.45) is 9.42. The molecular formula is C20H38. The van der Waals surface area contributed by atoms with Gasteiger partial charge in [0.25, 0.3) is 0 Å². The fraction of sp³-hybridized carbons (Fsp3) is 0.700. The van der Waals surface area contributed by atoms with Crippen molar-refractivity contribution in [2.45, 2.75) is 87.0 Å². The number of hydrogen-bond donors (Lipinski definition) is 0. The Morgan fingerprint density at radius 3 is 1.80 bits per heavy atom. The van der Waals surface area contributed by atoms with Crippen LogP contribution in [0.25, 0.3) is 0 Å². The van der Waals surface area contributed by atoms with Crippen LogP contribution in [0.15, 0.2) is 24.3 Å². The Bertz CT molecular complexity index is 295. The topological polar surface area (TPSA) is 0 Å². The molecule has 0 saturated carbocycles. The van der Waals surface area contributed by atoms with E-state index >= 15 is 0 Å². The first-order valence-electron chi connectivity index (χ1n) is 8.23. The van der Waals surface area contributed by atoms with Crippen LogP contribution in [0.3, 0.4) is 0 Å². The van der Waals surface area contributed by atoms with Crippen molar-refractivity contribution in [1.29, 1.82) is 0 Å². The zero-order valence-electron chi connectivity index (χ0n) is 13.8. The quantitative estimate of drug-likeness (QED) is 0.495. The van der Waals surface area contributed by atoms with Gasteiger partial charge in [0.1, 0.15) is 0 Å². The number of benzene rings is 1. The van der Waals surface area contributed by atoms with Crippen molar-refractivity contribution in [3.63, 3.8) is 0 Å². The maximum atomic E-state index is 2.30. The average molecular weight is 279 g/mol. The predicted octanol–water partition coefficient (Wildman–Crippen LogP) is 7.20. The first-order chi connectivity index (χ1) is 9.19. The lowest BCUT2D eigenvalue weighted by Crippen LogP contribution is -1.96. The standard InChI is InChI=1S/C10H14.C9H20.CH4/c1-3-6-10-8-5-4-7-9(10)2;1-4-7-9(6-3)8-5-2;/h4-5,7-8H,3,6H2,1-2H3;9H,4-8H2,1-3H3;1H4. The Labute approximate surface area is 129 Å². The summed E-state index contributed by atoms with van der Waals surface area (Å²) >= 11 is 0. The van der Waals surface area contributed by atoms with Gasteiger partial charge in [-0.25, -0.2) is 0 Å². The van der Waals surface area contributed by atoms with E-state index in [-0.39, 0.29) is 7.43 Å². The van der Waals surface area contributed by atoms with Gasteiger partial charge in [0, 0.05) is 0 Å². The Morgan fingerprint density at radius 1 is 0.850 bits per heavy atom. The number of rotatable bonds is 7. The van der Waals surface area contributed by atoms with Crippen LogP contribution in [-0.2, 0) is 6.42 Å². The summed E-state index contributed by atoms with van der Waals surface area (Å²) < 4.78 is 0. The molecule has 0 unspecified atom stereocenters. The van der Waals surface area contributed by atoms with Gasteiger partial charge in [-0.1, -0.05) is 97.9 Å². The van der Waals surface area contributed by atoms with Crippen LogP contribution in [0.1, 0.15) is 84.8 Å². The Balaban J connectivity index is 0. The maximum Gasteiger partial charge on any atom is -0.0279 e. The molecule has 0 saturated heterocycles. The maximum absolute atomic E-state index is 2.30. The van der Waals surface area contributed by atoms with E-state index in [0.717, 1.165) is 5.92 Å². The highest BCUT2D eigenvalue weighted by molar-refractivity contribution is 5.25.